The summed E-state index contributed by atoms with van der Waals surface area (Å²) in [6, 6.07) is 20.2. The number of nitrogens with one attached hydrogen (secondary N) is 2. The summed E-state index contributed by atoms with van der Waals surface area (Å²) < 4.78 is 11.0. The second kappa shape index (κ2) is 22.2. The number of nitro groups is 1. The maximum Gasteiger partial charge on any atom is 0.344 e. The van der Waals surface area contributed by atoms with Crippen molar-refractivity contribution in [1.29, 1.82) is 0 Å². The van der Waals surface area contributed by atoms with E-state index in [2.05, 4.69) is 25.6 Å². The zero-order chi connectivity index (χ0) is 47.7. The number of carbonyl (C=O) groups excluding carboxylic acids is 5. The van der Waals surface area contributed by atoms with Crippen LogP contribution in [0.2, 0.25) is 5.02 Å². The van der Waals surface area contributed by atoms with Crippen molar-refractivity contribution in [2.75, 3.05) is 77.4 Å². The number of nitrogens with zero attached hydrogens (tertiary/aromatic N) is 7. The summed E-state index contributed by atoms with van der Waals surface area (Å²) in [5.41, 5.74) is 3.76. The molecule has 2 atom stereocenters. The van der Waals surface area contributed by atoms with Gasteiger partial charge in [-0.25, -0.2) is 0 Å². The maximum absolute atomic E-state index is 13.2. The van der Waals surface area contributed by atoms with Gasteiger partial charge >= 0.3 is 5.69 Å². The number of hydrogen-bond acceptors (Lipinski definition) is 13. The van der Waals surface area contributed by atoms with Crippen LogP contribution in [0.4, 0.5) is 11.4 Å². The topological polar surface area (TPSA) is 204 Å². The minimum atomic E-state index is -0.639. The highest BCUT2D eigenvalue weighted by atomic mass is 35.5. The molecule has 1 aromatic heterocycles. The number of amides is 5. The number of anilines is 1. The van der Waals surface area contributed by atoms with Gasteiger partial charge in [0, 0.05) is 101 Å². The highest BCUT2D eigenvalue weighted by Crippen LogP contribution is 2.34. The highest BCUT2D eigenvalue weighted by molar-refractivity contribution is 6.30. The van der Waals surface area contributed by atoms with Crippen LogP contribution in [-0.2, 0) is 20.9 Å². The lowest BCUT2D eigenvalue weighted by atomic mass is 9.96. The molecule has 4 aromatic rings. The zero-order valence-electron chi connectivity index (χ0n) is 38.3. The van der Waals surface area contributed by atoms with E-state index in [1.807, 2.05) is 65.6 Å². The average molecular weight is 953 g/mol. The monoisotopic (exact) mass is 951 g/mol. The molecule has 18 nitrogen and oxygen atoms in total. The van der Waals surface area contributed by atoms with Crippen molar-refractivity contribution < 1.29 is 38.2 Å². The third kappa shape index (κ3) is 11.3. The molecule has 68 heavy (non-hydrogen) atoms. The second-order valence-corrected chi connectivity index (χ2v) is 18.3. The zero-order valence-corrected chi connectivity index (χ0v) is 39.1. The number of aryl methyl sites for hydroxylation is 1. The van der Waals surface area contributed by atoms with E-state index in [0.29, 0.717) is 68.6 Å². The van der Waals surface area contributed by atoms with Crippen molar-refractivity contribution in [3.8, 4) is 5.75 Å². The summed E-state index contributed by atoms with van der Waals surface area (Å²) in [7, 11) is 0. The molecule has 3 aromatic carbocycles. The molecular formula is C49H58ClN9O9. The number of aromatic nitrogens is 1. The van der Waals surface area contributed by atoms with Crippen molar-refractivity contribution in [3.05, 3.63) is 116 Å². The fraction of sp³-hybridized carbons (Fsp3) is 0.469. The number of unbranched alkanes of at least 4 members (excludes halogenated alkanes) is 5. The molecule has 0 bridgehead atoms. The van der Waals surface area contributed by atoms with Crippen molar-refractivity contribution in [3.63, 3.8) is 0 Å². The Kier molecular flexibility index (Phi) is 15.7. The van der Waals surface area contributed by atoms with Crippen molar-refractivity contribution in [1.82, 2.24) is 35.0 Å². The molecule has 0 aliphatic carbocycles. The summed E-state index contributed by atoms with van der Waals surface area (Å²) >= 11 is 6.25. The molecule has 0 spiro atoms. The predicted octanol–water partition coefficient (Wildman–Crippen LogP) is 5.83. The third-order valence-electron chi connectivity index (χ3n) is 13.5. The van der Waals surface area contributed by atoms with Gasteiger partial charge in [0.25, 0.3) is 17.7 Å². The van der Waals surface area contributed by atoms with Gasteiger partial charge in [0.1, 0.15) is 11.8 Å². The first kappa shape index (κ1) is 48.1. The first-order valence-corrected chi connectivity index (χ1v) is 24.0. The van der Waals surface area contributed by atoms with Gasteiger partial charge in [-0.2, -0.15) is 0 Å². The minimum Gasteiger partial charge on any atom is -0.484 e. The Bertz CT molecular complexity index is 2470. The van der Waals surface area contributed by atoms with Crippen LogP contribution in [0.1, 0.15) is 101 Å². The molecule has 3 fully saturated rings. The molecule has 2 unspecified atom stereocenters. The van der Waals surface area contributed by atoms with Gasteiger partial charge in [-0.3, -0.25) is 49.2 Å². The van der Waals surface area contributed by atoms with Crippen LogP contribution < -0.4 is 15.4 Å². The number of piperazine rings is 2. The Morgan fingerprint density at radius 2 is 1.54 bits per heavy atom. The average Bonchev–Trinajstić information content (AvgIpc) is 3.91. The Morgan fingerprint density at radius 3 is 2.24 bits per heavy atom. The molecule has 0 radical (unpaired) electrons. The van der Waals surface area contributed by atoms with E-state index >= 15 is 0 Å². The van der Waals surface area contributed by atoms with E-state index in [-0.39, 0.29) is 48.2 Å². The van der Waals surface area contributed by atoms with Gasteiger partial charge in [-0.15, -0.1) is 0 Å². The Hall–Kier alpha value is -6.37. The highest BCUT2D eigenvalue weighted by Gasteiger charge is 2.40. The molecule has 5 heterocycles. The molecule has 8 rings (SSSR count). The number of imide groups is 1. The van der Waals surface area contributed by atoms with Crippen LogP contribution in [0.25, 0.3) is 0 Å². The van der Waals surface area contributed by atoms with E-state index in [4.69, 9.17) is 20.9 Å². The lowest BCUT2D eigenvalue weighted by Crippen LogP contribution is -2.52. The first-order valence-electron chi connectivity index (χ1n) is 23.6. The predicted molar refractivity (Wildman–Crippen MR) is 252 cm³/mol. The number of ether oxygens (including phenoxy) is 1. The van der Waals surface area contributed by atoms with Crippen molar-refractivity contribution in [2.24, 2.45) is 0 Å². The van der Waals surface area contributed by atoms with E-state index in [1.165, 1.54) is 6.92 Å². The summed E-state index contributed by atoms with van der Waals surface area (Å²) in [5.74, 6) is -0.857. The number of hydrogen-bond donors (Lipinski definition) is 2. The number of halogens is 1. The fourth-order valence-electron chi connectivity index (χ4n) is 9.66. The lowest BCUT2D eigenvalue weighted by Gasteiger charge is -2.39. The normalized spacial score (nSPS) is 18.4. The molecule has 2 N–H and O–H groups in total. The van der Waals surface area contributed by atoms with Crippen molar-refractivity contribution >= 4 is 52.5 Å². The minimum absolute atomic E-state index is 0.0107. The van der Waals surface area contributed by atoms with E-state index in [9.17, 15) is 34.1 Å². The summed E-state index contributed by atoms with van der Waals surface area (Å²) in [6.07, 6.45) is 7.28. The maximum atomic E-state index is 13.2. The van der Waals surface area contributed by atoms with Gasteiger partial charge in [-0.1, -0.05) is 72.8 Å². The molecule has 19 heteroatoms. The smallest absolute Gasteiger partial charge is 0.344 e. The second-order valence-electron chi connectivity index (χ2n) is 17.8. The molecular weight excluding hydrogens is 894 g/mol. The molecule has 3 saturated heterocycles. The van der Waals surface area contributed by atoms with E-state index in [1.54, 1.807) is 15.9 Å². The van der Waals surface area contributed by atoms with Crippen LogP contribution in [0.3, 0.4) is 0 Å². The molecule has 5 amide bonds. The SMILES string of the molecule is Cc1onc(C(=O)N2CCN(C(c3ccc(Cl)cc3)c3ccc(OCC(=O)N4CCN(CCCCCCCCNc5cccc6c5CN(C5CCC(=O)NC5=O)C6=O)CC4)cc3)CC2)c1[N+](=O)[O-]. The van der Waals surface area contributed by atoms with Crippen LogP contribution >= 0.6 is 11.6 Å². The summed E-state index contributed by atoms with van der Waals surface area (Å²) in [4.78, 5) is 84.2. The Balaban J connectivity index is 0.712. The van der Waals surface area contributed by atoms with E-state index in [0.717, 1.165) is 87.1 Å². The molecule has 4 aliphatic heterocycles. The van der Waals surface area contributed by atoms with Gasteiger partial charge in [0.2, 0.25) is 23.3 Å². The largest absolute Gasteiger partial charge is 0.484 e. The van der Waals surface area contributed by atoms with Gasteiger partial charge in [0.15, 0.2) is 6.61 Å². The van der Waals surface area contributed by atoms with Crippen LogP contribution in [-0.4, -0.2) is 142 Å². The Labute approximate surface area is 400 Å². The Morgan fingerprint density at radius 1 is 0.882 bits per heavy atom. The third-order valence-corrected chi connectivity index (χ3v) is 13.7. The molecule has 0 saturated carbocycles. The lowest BCUT2D eigenvalue weighted by molar-refractivity contribution is -0.386. The standard InChI is InChI=1S/C49H58ClN9O9/c1-33-45(59(65)66)44(53-68-33)49(64)57-29-27-56(28-30-57)46(34-11-15-36(50)16-12-34)35-13-17-37(18-14-35)67-32-43(61)55-25-23-54(24-26-55)22-7-5-3-2-4-6-21-51-40-10-8-9-38-39(40)31-58(48(38)63)41-19-20-42(60)52-47(41)62/h8-18,41,46,51H,2-7,19-32H2,1H3,(H,52,60,62). The number of benzene rings is 3. The van der Waals surface area contributed by atoms with Gasteiger partial charge in [0.05, 0.1) is 11.0 Å². The van der Waals surface area contributed by atoms with E-state index < -0.39 is 28.5 Å². The number of carbonyl (C=O) groups is 5. The summed E-state index contributed by atoms with van der Waals surface area (Å²) in [6.45, 7) is 8.22. The molecule has 360 valence electrons. The van der Waals surface area contributed by atoms with Crippen LogP contribution in [0.5, 0.6) is 5.75 Å². The van der Waals surface area contributed by atoms with Crippen LogP contribution in [0, 0.1) is 17.0 Å². The number of rotatable bonds is 19. The van der Waals surface area contributed by atoms with Gasteiger partial charge in [-0.05, 0) is 73.3 Å². The van der Waals surface area contributed by atoms with Gasteiger partial charge < -0.3 is 29.3 Å². The molecule has 4 aliphatic rings. The summed E-state index contributed by atoms with van der Waals surface area (Å²) in [5, 5.41) is 21.7. The van der Waals surface area contributed by atoms with Crippen LogP contribution in [0.15, 0.2) is 71.3 Å². The number of fused-ring (bicyclic) bond motifs is 1. The first-order chi connectivity index (χ1) is 32.9. The quantitative estimate of drug-likeness (QED) is 0.0493. The number of piperidine rings is 1. The fourth-order valence-corrected chi connectivity index (χ4v) is 9.79. The van der Waals surface area contributed by atoms with Crippen molar-refractivity contribution in [2.45, 2.75) is 76.9 Å².